The summed E-state index contributed by atoms with van der Waals surface area (Å²) >= 11 is 0. The Morgan fingerprint density at radius 2 is 0.750 bits per heavy atom. The molecule has 0 unspecified atom stereocenters. The Balaban J connectivity index is 1.15. The molecule has 0 amide bonds. The van der Waals surface area contributed by atoms with E-state index in [0.29, 0.717) is 17.5 Å². The lowest BCUT2D eigenvalue weighted by Crippen LogP contribution is -2.00. The smallest absolute Gasteiger partial charge is 0.164 e. The van der Waals surface area contributed by atoms with Crippen molar-refractivity contribution in [2.75, 3.05) is 0 Å². The first-order valence-electron chi connectivity index (χ1n) is 20.1. The van der Waals surface area contributed by atoms with Gasteiger partial charge in [0.25, 0.3) is 0 Å². The first kappa shape index (κ1) is 35.0. The minimum atomic E-state index is 0.602. The fraction of sp³-hybridized carbons (Fsp3) is 0. The summed E-state index contributed by atoms with van der Waals surface area (Å²) in [5.41, 5.74) is 12.3. The van der Waals surface area contributed by atoms with Crippen LogP contribution in [0.4, 0.5) is 0 Å². The molecule has 0 N–H and O–H groups in total. The lowest BCUT2D eigenvalue weighted by molar-refractivity contribution is 1.07. The lowest BCUT2D eigenvalue weighted by Gasteiger charge is -2.16. The van der Waals surface area contributed by atoms with Crippen LogP contribution in [0.5, 0.6) is 0 Å². The Hall–Kier alpha value is -8.15. The number of rotatable bonds is 7. The molecule has 5 heteroatoms. The molecule has 5 nitrogen and oxygen atoms in total. The van der Waals surface area contributed by atoms with Gasteiger partial charge < -0.3 is 0 Å². The topological polar surface area (TPSA) is 64.5 Å². The molecule has 3 aromatic heterocycles. The molecule has 280 valence electrons. The van der Waals surface area contributed by atoms with Crippen LogP contribution in [0.3, 0.4) is 0 Å². The van der Waals surface area contributed by atoms with Gasteiger partial charge in [0.1, 0.15) is 0 Å². The zero-order chi connectivity index (χ0) is 39.8. The fourth-order valence-corrected chi connectivity index (χ4v) is 8.29. The molecule has 3 heterocycles. The first-order chi connectivity index (χ1) is 29.7. The minimum absolute atomic E-state index is 0.602. The molecule has 0 aliphatic carbocycles. The van der Waals surface area contributed by atoms with E-state index in [1.165, 1.54) is 5.56 Å². The highest BCUT2D eigenvalue weighted by molar-refractivity contribution is 6.14. The van der Waals surface area contributed by atoms with Crippen molar-refractivity contribution in [3.8, 4) is 78.8 Å². The molecular weight excluding hydrogens is 731 g/mol. The maximum absolute atomic E-state index is 5.27. The van der Waals surface area contributed by atoms with Crippen molar-refractivity contribution in [1.82, 2.24) is 24.9 Å². The quantitative estimate of drug-likeness (QED) is 0.151. The van der Waals surface area contributed by atoms with E-state index >= 15 is 0 Å². The van der Waals surface area contributed by atoms with Gasteiger partial charge in [-0.15, -0.1) is 0 Å². The summed E-state index contributed by atoms with van der Waals surface area (Å²) in [6.07, 6.45) is 3.80. The second-order valence-corrected chi connectivity index (χ2v) is 14.9. The van der Waals surface area contributed by atoms with Gasteiger partial charge in [0, 0.05) is 45.4 Å². The molecule has 0 aliphatic heterocycles. The predicted octanol–water partition coefficient (Wildman–Crippen LogP) is 13.8. The van der Waals surface area contributed by atoms with Gasteiger partial charge in [0.05, 0.1) is 11.2 Å². The zero-order valence-electron chi connectivity index (χ0n) is 32.4. The molecule has 11 rings (SSSR count). The largest absolute Gasteiger partial charge is 0.264 e. The van der Waals surface area contributed by atoms with Gasteiger partial charge in [-0.2, -0.15) is 0 Å². The van der Waals surface area contributed by atoms with Gasteiger partial charge in [0.2, 0.25) is 0 Å². The Morgan fingerprint density at radius 1 is 0.267 bits per heavy atom. The fourth-order valence-electron chi connectivity index (χ4n) is 8.29. The lowest BCUT2D eigenvalue weighted by atomic mass is 9.89. The second kappa shape index (κ2) is 15.0. The average Bonchev–Trinajstić information content (AvgIpc) is 3.34. The standard InChI is InChI=1S/C55H35N5/c1-4-15-36(16-5-1)39-21-14-22-40(31-39)41-32-42(34-43(33-41)55-59-53(37-17-6-2-7-18-37)58-54(60-55)38-19-8-3-9-20-38)44-27-28-49(46-24-11-10-23-45(44)46)52-50-35-56-30-29-47(50)48-25-12-13-26-51(48)57-52/h1-35H. The average molecular weight is 766 g/mol. The Labute approximate surface area is 347 Å². The van der Waals surface area contributed by atoms with E-state index in [1.54, 1.807) is 0 Å². The molecule has 0 saturated carbocycles. The van der Waals surface area contributed by atoms with Crippen LogP contribution >= 0.6 is 0 Å². The SMILES string of the molecule is c1ccc(-c2cccc(-c3cc(-c4nc(-c5ccccc5)nc(-c5ccccc5)n4)cc(-c4ccc(-c5nc6ccccc6c6ccncc56)c5ccccc45)c3)c2)cc1. The Kier molecular flexibility index (Phi) is 8.75. The van der Waals surface area contributed by atoms with Crippen molar-refractivity contribution in [2.24, 2.45) is 0 Å². The summed E-state index contributed by atoms with van der Waals surface area (Å²) < 4.78 is 0. The van der Waals surface area contributed by atoms with Gasteiger partial charge >= 0.3 is 0 Å². The van der Waals surface area contributed by atoms with Crippen molar-refractivity contribution in [2.45, 2.75) is 0 Å². The number of fused-ring (bicyclic) bond motifs is 4. The van der Waals surface area contributed by atoms with E-state index in [2.05, 4.69) is 138 Å². The zero-order valence-corrected chi connectivity index (χ0v) is 32.4. The summed E-state index contributed by atoms with van der Waals surface area (Å²) in [6, 6.07) is 69.7. The van der Waals surface area contributed by atoms with Crippen LogP contribution in [0.1, 0.15) is 0 Å². The summed E-state index contributed by atoms with van der Waals surface area (Å²) in [5.74, 6) is 1.85. The molecule has 8 aromatic carbocycles. The van der Waals surface area contributed by atoms with E-state index < -0.39 is 0 Å². The van der Waals surface area contributed by atoms with Crippen LogP contribution in [-0.4, -0.2) is 24.9 Å². The minimum Gasteiger partial charge on any atom is -0.264 e. The highest BCUT2D eigenvalue weighted by Crippen LogP contribution is 2.41. The molecule has 0 saturated heterocycles. The van der Waals surface area contributed by atoms with E-state index in [-0.39, 0.29) is 0 Å². The number of aromatic nitrogens is 5. The maximum Gasteiger partial charge on any atom is 0.164 e. The van der Waals surface area contributed by atoms with Crippen molar-refractivity contribution >= 4 is 32.4 Å². The number of pyridine rings is 2. The molecule has 0 fully saturated rings. The summed E-state index contributed by atoms with van der Waals surface area (Å²) in [6.45, 7) is 0. The number of para-hydroxylation sites is 1. The predicted molar refractivity (Wildman–Crippen MR) is 246 cm³/mol. The van der Waals surface area contributed by atoms with E-state index in [1.807, 2.05) is 79.1 Å². The van der Waals surface area contributed by atoms with Crippen LogP contribution < -0.4 is 0 Å². The number of nitrogens with zero attached hydrogens (tertiary/aromatic N) is 5. The van der Waals surface area contributed by atoms with E-state index in [9.17, 15) is 0 Å². The molecular formula is C55H35N5. The van der Waals surface area contributed by atoms with Gasteiger partial charge in [-0.3, -0.25) is 4.98 Å². The molecule has 11 aromatic rings. The molecule has 0 aliphatic rings. The van der Waals surface area contributed by atoms with E-state index in [4.69, 9.17) is 19.9 Å². The van der Waals surface area contributed by atoms with Crippen LogP contribution in [0.25, 0.3) is 111 Å². The van der Waals surface area contributed by atoms with Crippen LogP contribution in [0.2, 0.25) is 0 Å². The second-order valence-electron chi connectivity index (χ2n) is 14.9. The summed E-state index contributed by atoms with van der Waals surface area (Å²) in [5, 5.41) is 5.50. The molecule has 0 radical (unpaired) electrons. The molecule has 60 heavy (non-hydrogen) atoms. The Bertz CT molecular complexity index is 3310. The summed E-state index contributed by atoms with van der Waals surface area (Å²) in [4.78, 5) is 25.1. The monoisotopic (exact) mass is 765 g/mol. The van der Waals surface area contributed by atoms with Gasteiger partial charge in [0.15, 0.2) is 17.5 Å². The van der Waals surface area contributed by atoms with Gasteiger partial charge in [-0.1, -0.05) is 164 Å². The van der Waals surface area contributed by atoms with Crippen molar-refractivity contribution in [1.29, 1.82) is 0 Å². The first-order valence-corrected chi connectivity index (χ1v) is 20.1. The van der Waals surface area contributed by atoms with Crippen LogP contribution in [-0.2, 0) is 0 Å². The Morgan fingerprint density at radius 3 is 1.43 bits per heavy atom. The van der Waals surface area contributed by atoms with Crippen molar-refractivity contribution < 1.29 is 0 Å². The van der Waals surface area contributed by atoms with Crippen LogP contribution in [0.15, 0.2) is 213 Å². The number of hydrogen-bond acceptors (Lipinski definition) is 5. The third-order valence-corrected chi connectivity index (χ3v) is 11.2. The molecule has 0 bridgehead atoms. The normalized spacial score (nSPS) is 11.3. The highest BCUT2D eigenvalue weighted by atomic mass is 15.0. The van der Waals surface area contributed by atoms with Crippen molar-refractivity contribution in [3.63, 3.8) is 0 Å². The van der Waals surface area contributed by atoms with Gasteiger partial charge in [-0.05, 0) is 85.9 Å². The molecule has 0 spiro atoms. The van der Waals surface area contributed by atoms with Gasteiger partial charge in [-0.25, -0.2) is 19.9 Å². The number of hydrogen-bond donors (Lipinski definition) is 0. The van der Waals surface area contributed by atoms with E-state index in [0.717, 1.165) is 88.2 Å². The van der Waals surface area contributed by atoms with Crippen molar-refractivity contribution in [3.05, 3.63) is 213 Å². The summed E-state index contributed by atoms with van der Waals surface area (Å²) in [7, 11) is 0. The number of benzene rings is 8. The third kappa shape index (κ3) is 6.45. The van der Waals surface area contributed by atoms with Crippen LogP contribution in [0, 0.1) is 0 Å². The maximum atomic E-state index is 5.27. The molecule has 0 atom stereocenters. The third-order valence-electron chi connectivity index (χ3n) is 11.2. The highest BCUT2D eigenvalue weighted by Gasteiger charge is 2.19.